The third kappa shape index (κ3) is 4.28. The van der Waals surface area contributed by atoms with Crippen LogP contribution in [0.4, 0.5) is 0 Å². The van der Waals surface area contributed by atoms with Gasteiger partial charge in [-0.15, -0.1) is 0 Å². The number of piperidine rings is 1. The second kappa shape index (κ2) is 7.99. The van der Waals surface area contributed by atoms with Crippen molar-refractivity contribution in [2.45, 2.75) is 44.7 Å². The molecule has 0 aliphatic carbocycles. The first-order valence-corrected chi connectivity index (χ1v) is 9.08. The van der Waals surface area contributed by atoms with Crippen LogP contribution >= 0.6 is 0 Å². The normalized spacial score (nSPS) is 23.0. The number of hydrogen-bond acceptors (Lipinski definition) is 4. The lowest BCUT2D eigenvalue weighted by Gasteiger charge is -2.49. The smallest absolute Gasteiger partial charge is 0.335 e. The van der Waals surface area contributed by atoms with Gasteiger partial charge in [-0.05, 0) is 57.0 Å². The molecule has 0 unspecified atom stereocenters. The van der Waals surface area contributed by atoms with Crippen LogP contribution in [0, 0.1) is 0 Å². The number of ether oxygens (including phenoxy) is 1. The third-order valence-corrected chi connectivity index (χ3v) is 5.25. The fourth-order valence-corrected chi connectivity index (χ4v) is 3.77. The van der Waals surface area contributed by atoms with E-state index in [2.05, 4.69) is 16.7 Å². The van der Waals surface area contributed by atoms with Gasteiger partial charge in [0.25, 0.3) is 0 Å². The van der Waals surface area contributed by atoms with Crippen molar-refractivity contribution in [2.24, 2.45) is 0 Å². The number of carbonyl (C=O) groups is 1. The SMILES string of the molecule is C[C@H]1CCCCN1C1CN(CCCOc2ccc(C(=O)O)cc2)C1. The first kappa shape index (κ1) is 17.2. The summed E-state index contributed by atoms with van der Waals surface area (Å²) in [6.45, 7) is 7.77. The summed E-state index contributed by atoms with van der Waals surface area (Å²) >= 11 is 0. The van der Waals surface area contributed by atoms with Crippen LogP contribution in [0.1, 0.15) is 43.0 Å². The molecule has 3 rings (SSSR count). The standard InChI is InChI=1S/C19H28N2O3/c1-15-5-2-3-11-21(15)17-13-20(14-17)10-4-12-24-18-8-6-16(7-9-18)19(22)23/h6-9,15,17H,2-5,10-14H2,1H3,(H,22,23)/t15-/m0/s1. The van der Waals surface area contributed by atoms with E-state index in [-0.39, 0.29) is 0 Å². The molecule has 2 aliphatic rings. The molecule has 2 heterocycles. The van der Waals surface area contributed by atoms with E-state index in [9.17, 15) is 4.79 Å². The van der Waals surface area contributed by atoms with E-state index in [4.69, 9.17) is 9.84 Å². The van der Waals surface area contributed by atoms with E-state index in [0.717, 1.165) is 30.8 Å². The molecule has 5 heteroatoms. The van der Waals surface area contributed by atoms with Gasteiger partial charge in [-0.25, -0.2) is 4.79 Å². The number of carboxylic acids is 1. The summed E-state index contributed by atoms with van der Waals surface area (Å²) in [6, 6.07) is 8.12. The molecule has 132 valence electrons. The van der Waals surface area contributed by atoms with E-state index in [0.29, 0.717) is 12.2 Å². The Hall–Kier alpha value is -1.59. The lowest BCUT2D eigenvalue weighted by atomic mass is 9.97. The summed E-state index contributed by atoms with van der Waals surface area (Å²) in [6.07, 6.45) is 5.10. The maximum Gasteiger partial charge on any atom is 0.335 e. The average molecular weight is 332 g/mol. The molecule has 0 spiro atoms. The minimum atomic E-state index is -0.906. The van der Waals surface area contributed by atoms with E-state index < -0.39 is 5.97 Å². The summed E-state index contributed by atoms with van der Waals surface area (Å²) in [5.74, 6) is -0.166. The molecule has 1 aromatic rings. The van der Waals surface area contributed by atoms with Gasteiger partial charge in [-0.3, -0.25) is 9.80 Å². The molecule has 24 heavy (non-hydrogen) atoms. The van der Waals surface area contributed by atoms with Gasteiger partial charge in [0.05, 0.1) is 12.2 Å². The molecule has 0 amide bonds. The maximum absolute atomic E-state index is 10.8. The number of aromatic carboxylic acids is 1. The van der Waals surface area contributed by atoms with E-state index in [1.165, 1.54) is 38.9 Å². The monoisotopic (exact) mass is 332 g/mol. The van der Waals surface area contributed by atoms with Gasteiger partial charge < -0.3 is 9.84 Å². The maximum atomic E-state index is 10.8. The molecule has 2 fully saturated rings. The largest absolute Gasteiger partial charge is 0.494 e. The first-order valence-electron chi connectivity index (χ1n) is 9.08. The van der Waals surface area contributed by atoms with Crippen molar-refractivity contribution in [3.63, 3.8) is 0 Å². The molecular weight excluding hydrogens is 304 g/mol. The minimum absolute atomic E-state index is 0.293. The molecule has 5 nitrogen and oxygen atoms in total. The third-order valence-electron chi connectivity index (χ3n) is 5.25. The molecule has 2 aliphatic heterocycles. The predicted molar refractivity (Wildman–Crippen MR) is 93.8 cm³/mol. The van der Waals surface area contributed by atoms with Gasteiger partial charge in [0.2, 0.25) is 0 Å². The first-order chi connectivity index (χ1) is 11.6. The number of likely N-dealkylation sites (tertiary alicyclic amines) is 2. The van der Waals surface area contributed by atoms with Crippen molar-refractivity contribution in [3.05, 3.63) is 29.8 Å². The van der Waals surface area contributed by atoms with Crippen molar-refractivity contribution < 1.29 is 14.6 Å². The molecule has 0 saturated carbocycles. The number of carboxylic acid groups (broad SMARTS) is 1. The minimum Gasteiger partial charge on any atom is -0.494 e. The fourth-order valence-electron chi connectivity index (χ4n) is 3.77. The van der Waals surface area contributed by atoms with Gasteiger partial charge in [-0.2, -0.15) is 0 Å². The molecule has 2 saturated heterocycles. The Bertz CT molecular complexity index is 540. The lowest BCUT2D eigenvalue weighted by molar-refractivity contribution is -0.00382. The highest BCUT2D eigenvalue weighted by Crippen LogP contribution is 2.24. The highest BCUT2D eigenvalue weighted by molar-refractivity contribution is 5.87. The summed E-state index contributed by atoms with van der Waals surface area (Å²) in [5.41, 5.74) is 0.293. The number of rotatable bonds is 7. The van der Waals surface area contributed by atoms with Gasteiger partial charge in [0.15, 0.2) is 0 Å². The zero-order valence-electron chi connectivity index (χ0n) is 14.5. The van der Waals surface area contributed by atoms with Crippen molar-refractivity contribution in [1.29, 1.82) is 0 Å². The molecular formula is C19H28N2O3. The Labute approximate surface area is 144 Å². The zero-order valence-corrected chi connectivity index (χ0v) is 14.5. The molecule has 0 aromatic heterocycles. The van der Waals surface area contributed by atoms with Gasteiger partial charge in [0, 0.05) is 31.7 Å². The molecule has 1 atom stereocenters. The Kier molecular flexibility index (Phi) is 5.74. The highest BCUT2D eigenvalue weighted by atomic mass is 16.5. The van der Waals surface area contributed by atoms with Crippen LogP contribution in [0.3, 0.4) is 0 Å². The predicted octanol–water partition coefficient (Wildman–Crippen LogP) is 2.71. The van der Waals surface area contributed by atoms with Crippen LogP contribution in [0.5, 0.6) is 5.75 Å². The summed E-state index contributed by atoms with van der Waals surface area (Å²) < 4.78 is 5.69. The quantitative estimate of drug-likeness (QED) is 0.778. The Morgan fingerprint density at radius 2 is 2.00 bits per heavy atom. The van der Waals surface area contributed by atoms with E-state index >= 15 is 0 Å². The number of benzene rings is 1. The number of nitrogens with zero attached hydrogens (tertiary/aromatic N) is 2. The molecule has 1 aromatic carbocycles. The van der Waals surface area contributed by atoms with E-state index in [1.807, 2.05) is 0 Å². The lowest BCUT2D eigenvalue weighted by Crippen LogP contribution is -2.62. The zero-order chi connectivity index (χ0) is 16.9. The summed E-state index contributed by atoms with van der Waals surface area (Å²) in [5, 5.41) is 8.87. The summed E-state index contributed by atoms with van der Waals surface area (Å²) in [7, 11) is 0. The van der Waals surface area contributed by atoms with Gasteiger partial charge >= 0.3 is 5.97 Å². The van der Waals surface area contributed by atoms with Crippen LogP contribution in [0.15, 0.2) is 24.3 Å². The molecule has 0 bridgehead atoms. The fraction of sp³-hybridized carbons (Fsp3) is 0.632. The molecule has 1 N–H and O–H groups in total. The number of hydrogen-bond donors (Lipinski definition) is 1. The van der Waals surface area contributed by atoms with Crippen molar-refractivity contribution in [2.75, 3.05) is 32.8 Å². The Balaban J connectivity index is 1.30. The van der Waals surface area contributed by atoms with Crippen molar-refractivity contribution in [1.82, 2.24) is 9.80 Å². The van der Waals surface area contributed by atoms with Crippen LogP contribution in [-0.2, 0) is 0 Å². The van der Waals surface area contributed by atoms with Gasteiger partial charge in [-0.1, -0.05) is 6.42 Å². The Morgan fingerprint density at radius 3 is 2.67 bits per heavy atom. The topological polar surface area (TPSA) is 53.0 Å². The van der Waals surface area contributed by atoms with Crippen LogP contribution in [-0.4, -0.2) is 65.7 Å². The second-order valence-electron chi connectivity index (χ2n) is 7.03. The second-order valence-corrected chi connectivity index (χ2v) is 7.03. The van der Waals surface area contributed by atoms with Crippen LogP contribution in [0.2, 0.25) is 0 Å². The van der Waals surface area contributed by atoms with Crippen LogP contribution in [0.25, 0.3) is 0 Å². The average Bonchev–Trinajstić information content (AvgIpc) is 2.54. The van der Waals surface area contributed by atoms with Crippen molar-refractivity contribution in [3.8, 4) is 5.75 Å². The molecule has 0 radical (unpaired) electrons. The summed E-state index contributed by atoms with van der Waals surface area (Å²) in [4.78, 5) is 16.0. The highest BCUT2D eigenvalue weighted by Gasteiger charge is 2.34. The van der Waals surface area contributed by atoms with Crippen molar-refractivity contribution >= 4 is 5.97 Å². The van der Waals surface area contributed by atoms with E-state index in [1.54, 1.807) is 24.3 Å². The van der Waals surface area contributed by atoms with Gasteiger partial charge in [0.1, 0.15) is 5.75 Å². The van der Waals surface area contributed by atoms with Crippen LogP contribution < -0.4 is 4.74 Å². The Morgan fingerprint density at radius 1 is 1.25 bits per heavy atom.